The Hall–Kier alpha value is -3.55. The zero-order valence-electron chi connectivity index (χ0n) is 57.2. The van der Waals surface area contributed by atoms with E-state index >= 15 is 0 Å². The van der Waals surface area contributed by atoms with Crippen molar-refractivity contribution in [3.63, 3.8) is 0 Å². The predicted molar refractivity (Wildman–Crippen MR) is 376 cm³/mol. The number of hydrogen-bond donors (Lipinski definition) is 7. The van der Waals surface area contributed by atoms with Crippen LogP contribution in [0.25, 0.3) is 0 Å². The van der Waals surface area contributed by atoms with Crippen molar-refractivity contribution in [1.82, 2.24) is 0 Å². The summed E-state index contributed by atoms with van der Waals surface area (Å²) in [6, 6.07) is 31.3. The maximum Gasteiger partial charge on any atom is 1.00 e. The van der Waals surface area contributed by atoms with Gasteiger partial charge in [0.15, 0.2) is 17.4 Å². The van der Waals surface area contributed by atoms with Gasteiger partial charge in [-0.25, -0.2) is 0 Å². The number of hydrogen-bond acceptors (Lipinski definition) is 16. The van der Waals surface area contributed by atoms with Crippen LogP contribution in [0, 0.1) is 11.3 Å². The maximum absolute atomic E-state index is 10.7. The third-order valence-corrected chi connectivity index (χ3v) is 18.1. The van der Waals surface area contributed by atoms with Crippen molar-refractivity contribution in [1.29, 1.82) is 5.26 Å². The summed E-state index contributed by atoms with van der Waals surface area (Å²) in [5.74, 6) is 2.79. The fourth-order valence-corrected chi connectivity index (χ4v) is 12.3. The Balaban J connectivity index is 0.000000396. The van der Waals surface area contributed by atoms with Gasteiger partial charge in [-0.05, 0) is 169 Å². The average molecular weight is 1380 g/mol. The third-order valence-electron chi connectivity index (χ3n) is 17.6. The summed E-state index contributed by atoms with van der Waals surface area (Å²) in [4.78, 5) is 10.7. The number of benzene rings is 4. The van der Waals surface area contributed by atoms with E-state index in [-0.39, 0.29) is 50.7 Å². The molecule has 7 fully saturated rings. The number of halogens is 1. The normalized spacial score (nSPS) is 19.7. The standard InChI is InChI=1S/C17H27NO3.C17H23NO3.C15H20O3.C14H19BrO2.3C4H8O.Al.Li.4H/c2*18-11-8-16(19)14-6-5-7-15(12-14)21-13-17(20)9-3-1-2-4-10-17;16-11-13-6-5-7-14(10-13)18-12-15(17)8-3-1-2-4-9-15;15-12-6-5-7-13(10-12)17-11-14(16)8-3-1-2-4-9-14;3*1-2-4-5-3-1;;;;;;/h5-7,12,16,19-20H,1-4,8-11,13,18H2;5-7,12,16,19-20H,1-4,8-10,13H2;5-7,10-11,17H,1-4,8-9,12H2;5-7,10,16H,1-4,8-9,11H2;3*1-4H2;;;;;;/q;;;;;;;;+1;;;;-1. The molecular formula is C75H117AlBrLiN2O14. The number of nitriles is 1. The van der Waals surface area contributed by atoms with Crippen molar-refractivity contribution in [2.45, 2.75) is 240 Å². The van der Waals surface area contributed by atoms with Gasteiger partial charge in [0.05, 0.1) is 47.1 Å². The molecule has 2 unspecified atom stereocenters. The molecule has 3 aliphatic heterocycles. The van der Waals surface area contributed by atoms with Crippen molar-refractivity contribution in [3.8, 4) is 29.1 Å². The average Bonchev–Trinajstić information content (AvgIpc) is 1.74. The fourth-order valence-electron chi connectivity index (χ4n) is 11.9. The number of nitrogens with two attached hydrogens (primary N) is 1. The van der Waals surface area contributed by atoms with Gasteiger partial charge in [0.2, 0.25) is 0 Å². The third kappa shape index (κ3) is 36.9. The Morgan fingerprint density at radius 3 is 1.05 bits per heavy atom. The Morgan fingerprint density at radius 1 is 0.468 bits per heavy atom. The van der Waals surface area contributed by atoms with Crippen molar-refractivity contribution >= 4 is 39.6 Å². The first-order chi connectivity index (χ1) is 44.7. The van der Waals surface area contributed by atoms with Crippen LogP contribution in [0.1, 0.15) is 241 Å². The van der Waals surface area contributed by atoms with Gasteiger partial charge in [-0.3, -0.25) is 4.79 Å². The van der Waals surface area contributed by atoms with Gasteiger partial charge < -0.3 is 71.0 Å². The van der Waals surface area contributed by atoms with E-state index in [1.165, 1.54) is 89.9 Å². The summed E-state index contributed by atoms with van der Waals surface area (Å²) in [6.07, 6.45) is 32.4. The van der Waals surface area contributed by atoms with Gasteiger partial charge in [0.25, 0.3) is 0 Å². The van der Waals surface area contributed by atoms with E-state index in [9.17, 15) is 35.4 Å². The number of aldehydes is 1. The minimum absolute atomic E-state index is 0. The molecule has 4 aromatic rings. The van der Waals surface area contributed by atoms with E-state index in [2.05, 4.69) is 15.9 Å². The smallest absolute Gasteiger partial charge is 1.00 e. The second-order valence-corrected chi connectivity index (χ2v) is 26.8. The second kappa shape index (κ2) is 49.9. The number of carbonyl (C=O) groups is 1. The van der Waals surface area contributed by atoms with E-state index in [0.717, 1.165) is 164 Å². The zero-order valence-corrected chi connectivity index (χ0v) is 57.8. The van der Waals surface area contributed by atoms with E-state index in [4.69, 9.17) is 44.2 Å². The van der Waals surface area contributed by atoms with Gasteiger partial charge in [0.1, 0.15) is 55.7 Å². The monoisotopic (exact) mass is 1380 g/mol. The van der Waals surface area contributed by atoms with Gasteiger partial charge in [0, 0.05) is 49.7 Å². The van der Waals surface area contributed by atoms with Gasteiger partial charge in [-0.2, -0.15) is 5.26 Å². The van der Waals surface area contributed by atoms with Gasteiger partial charge in [-0.15, -0.1) is 0 Å². The summed E-state index contributed by atoms with van der Waals surface area (Å²) in [7, 11) is 0. The SMILES string of the molecule is C1CCOC1.C1CCOC1.C1CCOC1.N#CCC(O)c1cccc(OCC2(O)CCCCCC2)c1.NCCC(O)c1cccc(OCC2(O)CCCCCC2)c1.O=Cc1cccc(OCC2(O)CCCCCC2)c1.OC1(COc2cccc(Br)c2)CCCCCC1.[AlH3].[H-].[Li+]. The van der Waals surface area contributed by atoms with Crippen LogP contribution >= 0.6 is 15.9 Å². The number of rotatable bonds is 18. The molecule has 7 aliphatic rings. The first-order valence-corrected chi connectivity index (χ1v) is 35.5. The van der Waals surface area contributed by atoms with Crippen molar-refractivity contribution in [2.75, 3.05) is 72.6 Å². The van der Waals surface area contributed by atoms with Crippen molar-refractivity contribution in [3.05, 3.63) is 118 Å². The number of carbonyl (C=O) groups excluding carboxylic acids is 1. The Morgan fingerprint density at radius 2 is 0.766 bits per heavy atom. The second-order valence-electron chi connectivity index (χ2n) is 25.9. The number of ether oxygens (including phenoxy) is 7. The predicted octanol–water partition coefficient (Wildman–Crippen LogP) is 10.8. The summed E-state index contributed by atoms with van der Waals surface area (Å²) < 4.78 is 38.7. The van der Waals surface area contributed by atoms with Crippen LogP contribution < -0.4 is 43.5 Å². The number of aliphatic hydroxyl groups excluding tert-OH is 2. The Labute approximate surface area is 595 Å². The molecule has 0 spiro atoms. The van der Waals surface area contributed by atoms with Crippen molar-refractivity contribution < 1.29 is 88.9 Å². The topological polar surface area (TPSA) is 253 Å². The van der Waals surface area contributed by atoms with Crippen LogP contribution in [-0.2, 0) is 14.2 Å². The molecule has 94 heavy (non-hydrogen) atoms. The molecular weight excluding hydrogens is 1270 g/mol. The molecule has 522 valence electrons. The summed E-state index contributed by atoms with van der Waals surface area (Å²) >= 11 is 3.41. The Kier molecular flexibility index (Phi) is 44.9. The molecule has 0 bridgehead atoms. The number of nitrogens with zero attached hydrogens (tertiary/aromatic N) is 1. The van der Waals surface area contributed by atoms with E-state index in [1.807, 2.05) is 66.7 Å². The molecule has 0 amide bonds. The molecule has 4 aromatic carbocycles. The van der Waals surface area contributed by atoms with Crippen LogP contribution in [0.4, 0.5) is 0 Å². The molecule has 11 rings (SSSR count). The molecule has 8 N–H and O–H groups in total. The summed E-state index contributed by atoms with van der Waals surface area (Å²) in [5.41, 5.74) is 4.77. The first-order valence-electron chi connectivity index (χ1n) is 34.7. The summed E-state index contributed by atoms with van der Waals surface area (Å²) in [6.45, 7) is 7.78. The van der Waals surface area contributed by atoms with Crippen molar-refractivity contribution in [2.24, 2.45) is 5.73 Å². The van der Waals surface area contributed by atoms with Crippen LogP contribution in [0.5, 0.6) is 23.0 Å². The van der Waals surface area contributed by atoms with E-state index in [0.29, 0.717) is 61.2 Å². The summed E-state index contributed by atoms with van der Waals surface area (Å²) in [5, 5.41) is 70.4. The molecule has 0 aromatic heterocycles. The van der Waals surface area contributed by atoms with E-state index in [1.54, 1.807) is 36.4 Å². The van der Waals surface area contributed by atoms with Gasteiger partial charge >= 0.3 is 18.9 Å². The van der Waals surface area contributed by atoms with Crippen LogP contribution in [-0.4, -0.2) is 149 Å². The van der Waals surface area contributed by atoms with Crippen LogP contribution in [0.3, 0.4) is 0 Å². The molecule has 2 atom stereocenters. The molecule has 0 radical (unpaired) electrons. The molecule has 16 nitrogen and oxygen atoms in total. The zero-order chi connectivity index (χ0) is 65.9. The van der Waals surface area contributed by atoms with Crippen LogP contribution in [0.2, 0.25) is 0 Å². The fraction of sp³-hybridized carbons (Fsp3) is 0.653. The minimum atomic E-state index is -0.792. The largest absolute Gasteiger partial charge is 1.00 e. The quantitative estimate of drug-likeness (QED) is 0.0278. The van der Waals surface area contributed by atoms with E-state index < -0.39 is 34.6 Å². The Bertz CT molecular complexity index is 2550. The van der Waals surface area contributed by atoms with Gasteiger partial charge in [-0.1, -0.05) is 161 Å². The molecule has 4 saturated carbocycles. The van der Waals surface area contributed by atoms with Crippen LogP contribution in [0.15, 0.2) is 102 Å². The number of aliphatic hydroxyl groups is 6. The molecule has 3 saturated heterocycles. The molecule has 19 heteroatoms. The maximum atomic E-state index is 10.7. The molecule has 4 aliphatic carbocycles. The first kappa shape index (κ1) is 84.7. The molecule has 3 heterocycles. The minimum Gasteiger partial charge on any atom is -1.00 e.